The van der Waals surface area contributed by atoms with E-state index in [1.54, 1.807) is 16.9 Å². The first-order valence-corrected chi connectivity index (χ1v) is 5.17. The Kier molecular flexibility index (Phi) is 3.26. The monoisotopic (exact) mass is 218 g/mol. The van der Waals surface area contributed by atoms with Gasteiger partial charge in [0, 0.05) is 19.4 Å². The van der Waals surface area contributed by atoms with E-state index in [1.807, 2.05) is 19.4 Å². The fraction of sp³-hybridized carbons (Fsp3) is 0.364. The average Bonchev–Trinajstić information content (AvgIpc) is 2.73. The van der Waals surface area contributed by atoms with Crippen molar-refractivity contribution in [3.63, 3.8) is 0 Å². The number of aliphatic hydroxyl groups is 1. The lowest BCUT2D eigenvalue weighted by Crippen LogP contribution is -2.01. The number of nitrogens with zero attached hydrogens (tertiary/aromatic N) is 4. The molecule has 5 heteroatoms. The van der Waals surface area contributed by atoms with Gasteiger partial charge in [0.25, 0.3) is 0 Å². The van der Waals surface area contributed by atoms with Crippen LogP contribution in [0.5, 0.6) is 0 Å². The van der Waals surface area contributed by atoms with Gasteiger partial charge in [0.1, 0.15) is 6.33 Å². The van der Waals surface area contributed by atoms with Gasteiger partial charge in [0.2, 0.25) is 0 Å². The summed E-state index contributed by atoms with van der Waals surface area (Å²) in [5.41, 5.74) is 1.79. The van der Waals surface area contributed by atoms with Gasteiger partial charge in [0.05, 0.1) is 18.0 Å². The minimum atomic E-state index is -0.539. The molecule has 2 rings (SSSR count). The maximum Gasteiger partial charge on any atom is 0.115 e. The maximum absolute atomic E-state index is 9.87. The van der Waals surface area contributed by atoms with Crippen LogP contribution in [-0.4, -0.2) is 24.9 Å². The molecule has 2 heterocycles. The number of aromatic nitrogens is 4. The number of aryl methyl sites for hydroxylation is 2. The topological polar surface area (TPSA) is 63.8 Å². The lowest BCUT2D eigenvalue weighted by atomic mass is 10.1. The zero-order valence-corrected chi connectivity index (χ0v) is 9.11. The minimum absolute atomic E-state index is 0.539. The van der Waals surface area contributed by atoms with Gasteiger partial charge in [-0.05, 0) is 24.5 Å². The Bertz CT molecular complexity index is 440. The Morgan fingerprint density at radius 1 is 1.50 bits per heavy atom. The fourth-order valence-electron chi connectivity index (χ4n) is 1.55. The molecule has 0 amide bonds. The summed E-state index contributed by atoms with van der Waals surface area (Å²) in [4.78, 5) is 7.83. The van der Waals surface area contributed by atoms with E-state index in [-0.39, 0.29) is 0 Å². The number of hydrogen-bond acceptors (Lipinski definition) is 4. The van der Waals surface area contributed by atoms with Crippen LogP contribution in [-0.2, 0) is 13.5 Å². The molecule has 16 heavy (non-hydrogen) atoms. The van der Waals surface area contributed by atoms with Gasteiger partial charge < -0.3 is 5.11 Å². The fourth-order valence-corrected chi connectivity index (χ4v) is 1.55. The van der Waals surface area contributed by atoms with Crippen LogP contribution >= 0.6 is 0 Å². The van der Waals surface area contributed by atoms with Crippen LogP contribution in [0.2, 0.25) is 0 Å². The van der Waals surface area contributed by atoms with E-state index >= 15 is 0 Å². The zero-order valence-electron chi connectivity index (χ0n) is 9.11. The van der Waals surface area contributed by atoms with Crippen molar-refractivity contribution in [2.45, 2.75) is 18.9 Å². The largest absolute Gasteiger partial charge is 0.387 e. The normalized spacial score (nSPS) is 12.6. The predicted octanol–water partition coefficient (Wildman–Crippen LogP) is 0.876. The first kappa shape index (κ1) is 10.8. The quantitative estimate of drug-likeness (QED) is 0.827. The van der Waals surface area contributed by atoms with Crippen molar-refractivity contribution >= 4 is 0 Å². The maximum atomic E-state index is 9.87. The van der Waals surface area contributed by atoms with E-state index in [0.717, 1.165) is 12.0 Å². The van der Waals surface area contributed by atoms with Crippen molar-refractivity contribution in [2.75, 3.05) is 0 Å². The first-order valence-electron chi connectivity index (χ1n) is 5.17. The predicted molar refractivity (Wildman–Crippen MR) is 58.5 cm³/mol. The minimum Gasteiger partial charge on any atom is -0.387 e. The van der Waals surface area contributed by atoms with Crippen LogP contribution in [0.1, 0.15) is 23.8 Å². The molecule has 0 bridgehead atoms. The molecule has 2 aromatic heterocycles. The second kappa shape index (κ2) is 4.85. The summed E-state index contributed by atoms with van der Waals surface area (Å²) >= 11 is 0. The van der Waals surface area contributed by atoms with Crippen molar-refractivity contribution < 1.29 is 5.11 Å². The highest BCUT2D eigenvalue weighted by molar-refractivity contribution is 5.07. The van der Waals surface area contributed by atoms with Crippen molar-refractivity contribution in [3.05, 3.63) is 42.2 Å². The molecule has 0 saturated carbocycles. The van der Waals surface area contributed by atoms with E-state index < -0.39 is 6.10 Å². The van der Waals surface area contributed by atoms with Gasteiger partial charge in [0.15, 0.2) is 0 Å². The van der Waals surface area contributed by atoms with Crippen molar-refractivity contribution in [1.82, 2.24) is 19.7 Å². The molecule has 1 atom stereocenters. The molecule has 0 aromatic carbocycles. The van der Waals surface area contributed by atoms with E-state index in [2.05, 4.69) is 15.1 Å². The van der Waals surface area contributed by atoms with Crippen LogP contribution in [0, 0.1) is 0 Å². The van der Waals surface area contributed by atoms with E-state index in [1.165, 1.54) is 6.33 Å². The molecular formula is C11H14N4O. The summed E-state index contributed by atoms with van der Waals surface area (Å²) in [7, 11) is 1.88. The second-order valence-electron chi connectivity index (χ2n) is 3.71. The molecule has 0 radical (unpaired) electrons. The van der Waals surface area contributed by atoms with Gasteiger partial charge >= 0.3 is 0 Å². The summed E-state index contributed by atoms with van der Waals surface area (Å²) < 4.78 is 1.76. The number of aliphatic hydroxyl groups excluding tert-OH is 1. The highest BCUT2D eigenvalue weighted by atomic mass is 16.3. The lowest BCUT2D eigenvalue weighted by molar-refractivity contribution is 0.163. The van der Waals surface area contributed by atoms with Crippen molar-refractivity contribution in [3.8, 4) is 0 Å². The third-order valence-corrected chi connectivity index (χ3v) is 2.41. The lowest BCUT2D eigenvalue weighted by Gasteiger charge is -2.07. The van der Waals surface area contributed by atoms with Crippen molar-refractivity contribution in [1.29, 1.82) is 0 Å². The molecule has 0 aliphatic carbocycles. The van der Waals surface area contributed by atoms with Gasteiger partial charge in [-0.15, -0.1) is 0 Å². The molecule has 1 unspecified atom stereocenters. The Morgan fingerprint density at radius 3 is 3.00 bits per heavy atom. The summed E-state index contributed by atoms with van der Waals surface area (Å²) in [6, 6.07) is 1.73. The standard InChI is InChI=1S/C11H14N4O/c1-15-7-9(6-14-15)2-3-11(16)10-4-5-12-8-13-10/h4-8,11,16H,2-3H2,1H3. The molecule has 0 spiro atoms. The first-order chi connectivity index (χ1) is 7.75. The van der Waals surface area contributed by atoms with E-state index in [9.17, 15) is 5.11 Å². The summed E-state index contributed by atoms with van der Waals surface area (Å²) in [6.07, 6.45) is 7.74. The van der Waals surface area contributed by atoms with Crippen molar-refractivity contribution in [2.24, 2.45) is 7.05 Å². The molecule has 0 aliphatic heterocycles. The summed E-state index contributed by atoms with van der Waals surface area (Å²) in [5, 5.41) is 13.9. The van der Waals surface area contributed by atoms with Gasteiger partial charge in [-0.1, -0.05) is 0 Å². The van der Waals surface area contributed by atoms with E-state index in [0.29, 0.717) is 12.1 Å². The molecule has 5 nitrogen and oxygen atoms in total. The Balaban J connectivity index is 1.91. The Labute approximate surface area is 93.8 Å². The van der Waals surface area contributed by atoms with Gasteiger partial charge in [-0.25, -0.2) is 9.97 Å². The second-order valence-corrected chi connectivity index (χ2v) is 3.71. The smallest absolute Gasteiger partial charge is 0.115 e. The highest BCUT2D eigenvalue weighted by Gasteiger charge is 2.09. The third kappa shape index (κ3) is 2.64. The number of hydrogen-bond donors (Lipinski definition) is 1. The molecule has 1 N–H and O–H groups in total. The summed E-state index contributed by atoms with van der Waals surface area (Å²) in [5.74, 6) is 0. The molecule has 0 fully saturated rings. The summed E-state index contributed by atoms with van der Waals surface area (Å²) in [6.45, 7) is 0. The van der Waals surface area contributed by atoms with Crippen LogP contribution in [0.4, 0.5) is 0 Å². The van der Waals surface area contributed by atoms with E-state index in [4.69, 9.17) is 0 Å². The molecule has 2 aromatic rings. The van der Waals surface area contributed by atoms with Crippen LogP contribution < -0.4 is 0 Å². The van der Waals surface area contributed by atoms with Gasteiger partial charge in [-0.3, -0.25) is 4.68 Å². The van der Waals surface area contributed by atoms with Gasteiger partial charge in [-0.2, -0.15) is 5.10 Å². The molecule has 84 valence electrons. The van der Waals surface area contributed by atoms with Crippen LogP contribution in [0.15, 0.2) is 31.0 Å². The molecule has 0 saturated heterocycles. The molecular weight excluding hydrogens is 204 g/mol. The van der Waals surface area contributed by atoms with Crippen LogP contribution in [0.25, 0.3) is 0 Å². The Hall–Kier alpha value is -1.75. The van der Waals surface area contributed by atoms with Crippen LogP contribution in [0.3, 0.4) is 0 Å². The molecule has 0 aliphatic rings. The SMILES string of the molecule is Cn1cc(CCC(O)c2ccncn2)cn1. The average molecular weight is 218 g/mol. The number of rotatable bonds is 4. The zero-order chi connectivity index (χ0) is 11.4. The highest BCUT2D eigenvalue weighted by Crippen LogP contribution is 2.15. The Morgan fingerprint density at radius 2 is 2.38 bits per heavy atom. The third-order valence-electron chi connectivity index (χ3n) is 2.41.